The van der Waals surface area contributed by atoms with Gasteiger partial charge in [0.25, 0.3) is 0 Å². The summed E-state index contributed by atoms with van der Waals surface area (Å²) >= 11 is 1.60. The van der Waals surface area contributed by atoms with Crippen LogP contribution in [0.5, 0.6) is 0 Å². The molecule has 1 unspecified atom stereocenters. The van der Waals surface area contributed by atoms with Gasteiger partial charge in [-0.1, -0.05) is 22.6 Å². The lowest BCUT2D eigenvalue weighted by atomic mass is 10.5. The van der Waals surface area contributed by atoms with Crippen LogP contribution in [0.1, 0.15) is 0 Å². The van der Waals surface area contributed by atoms with Crippen LogP contribution >= 0.6 is 22.6 Å². The van der Waals surface area contributed by atoms with Crippen LogP contribution < -0.4 is 0 Å². The minimum Gasteiger partial charge on any atom is -0.391 e. The summed E-state index contributed by atoms with van der Waals surface area (Å²) in [7, 11) is -5.16. The first kappa shape index (κ1) is 12.4. The summed E-state index contributed by atoms with van der Waals surface area (Å²) in [5, 5.41) is 8.67. The van der Waals surface area contributed by atoms with Crippen LogP contribution in [0.15, 0.2) is 0 Å². The third-order valence-electron chi connectivity index (χ3n) is 0.943. The molecule has 0 fully saturated rings. The SMILES string of the molecule is O=S(=O)(CC(O)CI)C(F)(F)F. The van der Waals surface area contributed by atoms with Gasteiger partial charge in [-0.25, -0.2) is 8.42 Å². The van der Waals surface area contributed by atoms with Gasteiger partial charge < -0.3 is 5.11 Å². The fraction of sp³-hybridized carbons (Fsp3) is 1.00. The molecule has 0 radical (unpaired) electrons. The summed E-state index contributed by atoms with van der Waals surface area (Å²) in [6.45, 7) is 0. The van der Waals surface area contributed by atoms with Crippen LogP contribution in [0.3, 0.4) is 0 Å². The number of sulfone groups is 1. The monoisotopic (exact) mass is 318 g/mol. The Morgan fingerprint density at radius 2 is 1.83 bits per heavy atom. The van der Waals surface area contributed by atoms with Gasteiger partial charge in [0.2, 0.25) is 9.84 Å². The standard InChI is InChI=1S/C4H6F3IO3S/c5-4(6,7)12(10,11)2-3(9)1-8/h3,9H,1-2H2. The van der Waals surface area contributed by atoms with Gasteiger partial charge in [-0.2, -0.15) is 13.2 Å². The van der Waals surface area contributed by atoms with Gasteiger partial charge in [-0.05, 0) is 0 Å². The molecule has 0 amide bonds. The Labute approximate surface area is 81.0 Å². The molecular formula is C4H6F3IO3S. The van der Waals surface area contributed by atoms with Crippen molar-refractivity contribution in [1.82, 2.24) is 0 Å². The highest BCUT2D eigenvalue weighted by molar-refractivity contribution is 14.1. The van der Waals surface area contributed by atoms with E-state index in [1.54, 1.807) is 22.6 Å². The van der Waals surface area contributed by atoms with Crippen molar-refractivity contribution in [3.05, 3.63) is 0 Å². The molecule has 74 valence electrons. The van der Waals surface area contributed by atoms with Crippen LogP contribution in [0, 0.1) is 0 Å². The molecule has 0 aromatic rings. The van der Waals surface area contributed by atoms with E-state index < -0.39 is 27.2 Å². The molecule has 0 rings (SSSR count). The second-order valence-corrected chi connectivity index (χ2v) is 4.94. The normalized spacial score (nSPS) is 16.1. The van der Waals surface area contributed by atoms with Crippen molar-refractivity contribution in [3.63, 3.8) is 0 Å². The van der Waals surface area contributed by atoms with Crippen molar-refractivity contribution in [2.45, 2.75) is 11.6 Å². The first-order chi connectivity index (χ1) is 5.20. The van der Waals surface area contributed by atoms with Crippen LogP contribution in [-0.2, 0) is 9.84 Å². The molecule has 1 atom stereocenters. The van der Waals surface area contributed by atoms with E-state index in [2.05, 4.69) is 0 Å². The minimum absolute atomic E-state index is 0.0485. The molecular weight excluding hydrogens is 312 g/mol. The van der Waals surface area contributed by atoms with Crippen molar-refractivity contribution in [2.75, 3.05) is 10.2 Å². The van der Waals surface area contributed by atoms with Gasteiger partial charge in [0.1, 0.15) is 0 Å². The Morgan fingerprint density at radius 1 is 1.42 bits per heavy atom. The molecule has 0 saturated carbocycles. The van der Waals surface area contributed by atoms with Crippen molar-refractivity contribution in [3.8, 4) is 0 Å². The molecule has 0 spiro atoms. The molecule has 12 heavy (non-hydrogen) atoms. The van der Waals surface area contributed by atoms with E-state index in [1.165, 1.54) is 0 Å². The highest BCUT2D eigenvalue weighted by Crippen LogP contribution is 2.24. The number of halogens is 4. The maximum Gasteiger partial charge on any atom is 0.497 e. The zero-order valence-electron chi connectivity index (χ0n) is 5.68. The number of aliphatic hydroxyl groups is 1. The van der Waals surface area contributed by atoms with Gasteiger partial charge in [-0.15, -0.1) is 0 Å². The maximum absolute atomic E-state index is 11.6. The third-order valence-corrected chi connectivity index (χ3v) is 3.49. The lowest BCUT2D eigenvalue weighted by Crippen LogP contribution is -2.32. The predicted molar refractivity (Wildman–Crippen MR) is 44.7 cm³/mol. The van der Waals surface area contributed by atoms with E-state index in [0.29, 0.717) is 0 Å². The van der Waals surface area contributed by atoms with E-state index in [9.17, 15) is 21.6 Å². The fourth-order valence-corrected chi connectivity index (χ4v) is 1.94. The number of alkyl halides is 4. The van der Waals surface area contributed by atoms with Gasteiger partial charge in [0.05, 0.1) is 11.9 Å². The molecule has 0 aliphatic heterocycles. The third kappa shape index (κ3) is 3.44. The van der Waals surface area contributed by atoms with E-state index in [4.69, 9.17) is 5.11 Å². The topological polar surface area (TPSA) is 54.4 Å². The van der Waals surface area contributed by atoms with Crippen LogP contribution in [-0.4, -0.2) is 35.3 Å². The van der Waals surface area contributed by atoms with E-state index in [-0.39, 0.29) is 4.43 Å². The first-order valence-electron chi connectivity index (χ1n) is 2.74. The molecule has 0 aliphatic rings. The zero-order valence-corrected chi connectivity index (χ0v) is 8.65. The Hall–Kier alpha value is 0.430. The second kappa shape index (κ2) is 4.09. The summed E-state index contributed by atoms with van der Waals surface area (Å²) in [5.41, 5.74) is -5.26. The predicted octanol–water partition coefficient (Wildman–Crippen LogP) is 0.717. The molecule has 0 bridgehead atoms. The highest BCUT2D eigenvalue weighted by atomic mass is 127. The molecule has 0 aromatic carbocycles. The smallest absolute Gasteiger partial charge is 0.391 e. The maximum atomic E-state index is 11.6. The Kier molecular flexibility index (Phi) is 4.24. The first-order valence-corrected chi connectivity index (χ1v) is 5.91. The van der Waals surface area contributed by atoms with Gasteiger partial charge in [0, 0.05) is 4.43 Å². The van der Waals surface area contributed by atoms with Gasteiger partial charge in [0.15, 0.2) is 0 Å². The Bertz CT molecular complexity index is 234. The summed E-state index contributed by atoms with van der Waals surface area (Å²) < 4.78 is 55.5. The summed E-state index contributed by atoms with van der Waals surface area (Å²) in [4.78, 5) is 0. The van der Waals surface area contributed by atoms with Crippen molar-refractivity contribution >= 4 is 32.4 Å². The molecule has 8 heteroatoms. The quantitative estimate of drug-likeness (QED) is 0.616. The number of rotatable bonds is 3. The molecule has 3 nitrogen and oxygen atoms in total. The molecule has 0 heterocycles. The van der Waals surface area contributed by atoms with Crippen LogP contribution in [0.2, 0.25) is 0 Å². The second-order valence-electron chi connectivity index (χ2n) is 2.04. The average molecular weight is 318 g/mol. The lowest BCUT2D eigenvalue weighted by molar-refractivity contribution is -0.0442. The largest absolute Gasteiger partial charge is 0.497 e. The molecule has 0 aliphatic carbocycles. The van der Waals surface area contributed by atoms with Gasteiger partial charge in [-0.3, -0.25) is 0 Å². The fourth-order valence-electron chi connectivity index (χ4n) is 0.392. The van der Waals surface area contributed by atoms with E-state index >= 15 is 0 Å². The van der Waals surface area contributed by atoms with Crippen LogP contribution in [0.4, 0.5) is 13.2 Å². The zero-order chi connectivity index (χ0) is 9.99. The van der Waals surface area contributed by atoms with Crippen molar-refractivity contribution in [2.24, 2.45) is 0 Å². The van der Waals surface area contributed by atoms with Crippen LogP contribution in [0.25, 0.3) is 0 Å². The van der Waals surface area contributed by atoms with Gasteiger partial charge >= 0.3 is 5.51 Å². The van der Waals surface area contributed by atoms with E-state index in [1.807, 2.05) is 0 Å². The average Bonchev–Trinajstić information content (AvgIpc) is 1.84. The number of hydrogen-bond donors (Lipinski definition) is 1. The van der Waals surface area contributed by atoms with E-state index in [0.717, 1.165) is 0 Å². The number of aliphatic hydroxyl groups excluding tert-OH is 1. The molecule has 0 saturated heterocycles. The summed E-state index contributed by atoms with van der Waals surface area (Å²) in [5.74, 6) is -1.26. The van der Waals surface area contributed by atoms with Crippen molar-refractivity contribution in [1.29, 1.82) is 0 Å². The Morgan fingerprint density at radius 3 is 2.08 bits per heavy atom. The number of hydrogen-bond acceptors (Lipinski definition) is 3. The Balaban J connectivity index is 4.46. The highest BCUT2D eigenvalue weighted by Gasteiger charge is 2.46. The molecule has 1 N–H and O–H groups in total. The molecule has 0 aromatic heterocycles. The van der Waals surface area contributed by atoms with Crippen molar-refractivity contribution < 1.29 is 26.7 Å². The lowest BCUT2D eigenvalue weighted by Gasteiger charge is -2.10. The minimum atomic E-state index is -5.26. The summed E-state index contributed by atoms with van der Waals surface area (Å²) in [6, 6.07) is 0. The summed E-state index contributed by atoms with van der Waals surface area (Å²) in [6.07, 6.45) is -1.46.